The lowest BCUT2D eigenvalue weighted by Crippen LogP contribution is -2.31. The third kappa shape index (κ3) is 4.02. The fourth-order valence-electron chi connectivity index (χ4n) is 3.12. The van der Waals surface area contributed by atoms with Gasteiger partial charge in [-0.1, -0.05) is 12.1 Å². The Balaban J connectivity index is 1.44. The van der Waals surface area contributed by atoms with E-state index in [4.69, 9.17) is 0 Å². The van der Waals surface area contributed by atoms with E-state index >= 15 is 0 Å². The molecule has 21 heavy (non-hydrogen) atoms. The zero-order chi connectivity index (χ0) is 14.5. The molecule has 1 aliphatic rings. The Morgan fingerprint density at radius 2 is 2.10 bits per heavy atom. The van der Waals surface area contributed by atoms with Crippen molar-refractivity contribution in [1.82, 2.24) is 15.2 Å². The summed E-state index contributed by atoms with van der Waals surface area (Å²) in [5.41, 5.74) is 2.42. The van der Waals surface area contributed by atoms with Crippen molar-refractivity contribution < 1.29 is 0 Å². The Morgan fingerprint density at radius 1 is 1.24 bits per heavy atom. The SMILES string of the molecule is CN1CCC(CCNCc2ccc3ncccc3c2)CC1. The quantitative estimate of drug-likeness (QED) is 0.855. The van der Waals surface area contributed by atoms with E-state index in [0.29, 0.717) is 0 Å². The topological polar surface area (TPSA) is 28.2 Å². The molecule has 2 aromatic rings. The number of piperidine rings is 1. The first-order chi connectivity index (χ1) is 10.3. The Kier molecular flexibility index (Phi) is 4.84. The second-order valence-corrected chi connectivity index (χ2v) is 6.24. The number of aromatic nitrogens is 1. The normalized spacial score (nSPS) is 17.4. The molecule has 0 saturated carbocycles. The van der Waals surface area contributed by atoms with Crippen molar-refractivity contribution in [1.29, 1.82) is 0 Å². The molecule has 1 saturated heterocycles. The molecule has 0 amide bonds. The highest BCUT2D eigenvalue weighted by atomic mass is 15.1. The van der Waals surface area contributed by atoms with E-state index in [1.165, 1.54) is 43.3 Å². The molecule has 3 heteroatoms. The van der Waals surface area contributed by atoms with Gasteiger partial charge in [-0.15, -0.1) is 0 Å². The average Bonchev–Trinajstić information content (AvgIpc) is 2.53. The standard InChI is InChI=1S/C18H25N3/c1-21-11-7-15(8-12-21)6-10-19-14-16-4-5-18-17(13-16)3-2-9-20-18/h2-5,9,13,15,19H,6-8,10-12,14H2,1H3. The van der Waals surface area contributed by atoms with E-state index in [-0.39, 0.29) is 0 Å². The second-order valence-electron chi connectivity index (χ2n) is 6.24. The maximum atomic E-state index is 4.36. The van der Waals surface area contributed by atoms with Gasteiger partial charge in [0.1, 0.15) is 0 Å². The first kappa shape index (κ1) is 14.5. The zero-order valence-electron chi connectivity index (χ0n) is 12.9. The first-order valence-corrected chi connectivity index (χ1v) is 8.04. The minimum absolute atomic E-state index is 0.912. The molecule has 0 spiro atoms. The van der Waals surface area contributed by atoms with Gasteiger partial charge in [-0.3, -0.25) is 4.98 Å². The molecule has 0 bridgehead atoms. The number of fused-ring (bicyclic) bond motifs is 1. The molecule has 0 unspecified atom stereocenters. The first-order valence-electron chi connectivity index (χ1n) is 8.04. The smallest absolute Gasteiger partial charge is 0.0702 e. The molecule has 1 aromatic carbocycles. The number of nitrogens with zero attached hydrogens (tertiary/aromatic N) is 2. The molecule has 0 atom stereocenters. The van der Waals surface area contributed by atoms with E-state index < -0.39 is 0 Å². The molecule has 3 nitrogen and oxygen atoms in total. The minimum Gasteiger partial charge on any atom is -0.313 e. The molecule has 2 heterocycles. The van der Waals surface area contributed by atoms with Gasteiger partial charge >= 0.3 is 0 Å². The lowest BCUT2D eigenvalue weighted by molar-refractivity contribution is 0.211. The van der Waals surface area contributed by atoms with Crippen molar-refractivity contribution in [3.8, 4) is 0 Å². The van der Waals surface area contributed by atoms with Crippen LogP contribution in [-0.4, -0.2) is 36.6 Å². The van der Waals surface area contributed by atoms with Crippen LogP contribution >= 0.6 is 0 Å². The van der Waals surface area contributed by atoms with Gasteiger partial charge in [0.2, 0.25) is 0 Å². The zero-order valence-corrected chi connectivity index (χ0v) is 12.9. The molecule has 0 radical (unpaired) electrons. The second kappa shape index (κ2) is 7.01. The van der Waals surface area contributed by atoms with Crippen molar-refractivity contribution in [2.75, 3.05) is 26.7 Å². The fourth-order valence-corrected chi connectivity index (χ4v) is 3.12. The van der Waals surface area contributed by atoms with Crippen molar-refractivity contribution in [2.24, 2.45) is 5.92 Å². The molecule has 0 aliphatic carbocycles. The largest absolute Gasteiger partial charge is 0.313 e. The summed E-state index contributed by atoms with van der Waals surface area (Å²) in [6.45, 7) is 4.61. The molecule has 1 aliphatic heterocycles. The summed E-state index contributed by atoms with van der Waals surface area (Å²) < 4.78 is 0. The molecule has 1 N–H and O–H groups in total. The van der Waals surface area contributed by atoms with E-state index in [2.05, 4.69) is 46.5 Å². The van der Waals surface area contributed by atoms with Crippen LogP contribution in [0.5, 0.6) is 0 Å². The highest BCUT2D eigenvalue weighted by molar-refractivity contribution is 5.78. The number of pyridine rings is 1. The summed E-state index contributed by atoms with van der Waals surface area (Å²) in [7, 11) is 2.23. The third-order valence-corrected chi connectivity index (χ3v) is 4.56. The van der Waals surface area contributed by atoms with E-state index in [0.717, 1.165) is 24.5 Å². The number of likely N-dealkylation sites (tertiary alicyclic amines) is 1. The highest BCUT2D eigenvalue weighted by Gasteiger charge is 2.15. The van der Waals surface area contributed by atoms with Gasteiger partial charge in [-0.25, -0.2) is 0 Å². The molecule has 1 fully saturated rings. The van der Waals surface area contributed by atoms with Crippen LogP contribution in [0.3, 0.4) is 0 Å². The molecule has 3 rings (SSSR count). The number of nitrogens with one attached hydrogen (secondary N) is 1. The predicted molar refractivity (Wildman–Crippen MR) is 88.3 cm³/mol. The van der Waals surface area contributed by atoms with E-state index in [1.54, 1.807) is 0 Å². The lowest BCUT2D eigenvalue weighted by Gasteiger charge is -2.28. The Morgan fingerprint density at radius 3 is 2.95 bits per heavy atom. The van der Waals surface area contributed by atoms with Crippen LogP contribution in [-0.2, 0) is 6.54 Å². The summed E-state index contributed by atoms with van der Waals surface area (Å²) >= 11 is 0. The predicted octanol–water partition coefficient (Wildman–Crippen LogP) is 3.06. The maximum absolute atomic E-state index is 4.36. The van der Waals surface area contributed by atoms with Gasteiger partial charge in [-0.05, 0) is 75.6 Å². The third-order valence-electron chi connectivity index (χ3n) is 4.56. The minimum atomic E-state index is 0.912. The van der Waals surface area contributed by atoms with Gasteiger partial charge in [0, 0.05) is 18.1 Å². The Hall–Kier alpha value is -1.45. The van der Waals surface area contributed by atoms with Crippen LogP contribution in [0, 0.1) is 5.92 Å². The Labute approximate surface area is 127 Å². The number of hydrogen-bond acceptors (Lipinski definition) is 3. The van der Waals surface area contributed by atoms with Crippen molar-refractivity contribution in [3.05, 3.63) is 42.1 Å². The van der Waals surface area contributed by atoms with E-state index in [9.17, 15) is 0 Å². The summed E-state index contributed by atoms with van der Waals surface area (Å²) in [6, 6.07) is 10.7. The maximum Gasteiger partial charge on any atom is 0.0702 e. The molecular weight excluding hydrogens is 258 g/mol. The van der Waals surface area contributed by atoms with Gasteiger partial charge in [0.05, 0.1) is 5.52 Å². The van der Waals surface area contributed by atoms with Gasteiger partial charge in [0.15, 0.2) is 0 Å². The van der Waals surface area contributed by atoms with Gasteiger partial charge < -0.3 is 10.2 Å². The van der Waals surface area contributed by atoms with Crippen LogP contribution in [0.4, 0.5) is 0 Å². The van der Waals surface area contributed by atoms with Crippen LogP contribution in [0.2, 0.25) is 0 Å². The van der Waals surface area contributed by atoms with Crippen LogP contribution in [0.25, 0.3) is 10.9 Å². The molecule has 112 valence electrons. The van der Waals surface area contributed by atoms with Crippen LogP contribution in [0.1, 0.15) is 24.8 Å². The summed E-state index contributed by atoms with van der Waals surface area (Å²) in [4.78, 5) is 6.80. The Bertz CT molecular complexity index is 573. The summed E-state index contributed by atoms with van der Waals surface area (Å²) in [5, 5.41) is 4.82. The summed E-state index contributed by atoms with van der Waals surface area (Å²) in [6.07, 6.45) is 5.88. The highest BCUT2D eigenvalue weighted by Crippen LogP contribution is 2.19. The van der Waals surface area contributed by atoms with Crippen LogP contribution in [0.15, 0.2) is 36.5 Å². The monoisotopic (exact) mass is 283 g/mol. The number of rotatable bonds is 5. The van der Waals surface area contributed by atoms with Crippen LogP contribution < -0.4 is 5.32 Å². The number of hydrogen-bond donors (Lipinski definition) is 1. The van der Waals surface area contributed by atoms with E-state index in [1.807, 2.05) is 12.3 Å². The number of benzene rings is 1. The van der Waals surface area contributed by atoms with Crippen molar-refractivity contribution in [3.63, 3.8) is 0 Å². The molecule has 1 aromatic heterocycles. The van der Waals surface area contributed by atoms with Crippen molar-refractivity contribution >= 4 is 10.9 Å². The molecular formula is C18H25N3. The summed E-state index contributed by atoms with van der Waals surface area (Å²) in [5.74, 6) is 0.912. The fraction of sp³-hybridized carbons (Fsp3) is 0.500. The average molecular weight is 283 g/mol. The van der Waals surface area contributed by atoms with Crippen molar-refractivity contribution in [2.45, 2.75) is 25.8 Å². The van der Waals surface area contributed by atoms with Gasteiger partial charge in [0.25, 0.3) is 0 Å². The van der Waals surface area contributed by atoms with Gasteiger partial charge in [-0.2, -0.15) is 0 Å². The lowest BCUT2D eigenvalue weighted by atomic mass is 9.94.